The fourth-order valence-electron chi connectivity index (χ4n) is 10.8. The SMILES string of the molecule is [2H]c1c([2H])c([2H])c(C2(c3ccc4c5ccccc5n(-c5ccccc5)c4c3)c3ccc(N(c4ccccc4)c4ccccc4)cc3-c3cc(N(c4ccccc4)c4cccc5ccccc45)ccc32)c([2H])c1[2H]. The predicted octanol–water partition coefficient (Wildman–Crippen LogP) is 17.2. The molecule has 0 saturated heterocycles. The van der Waals surface area contributed by atoms with Crippen LogP contribution in [0.25, 0.3) is 49.4 Å². The van der Waals surface area contributed by atoms with Crippen molar-refractivity contribution in [3.8, 4) is 16.8 Å². The Labute approximate surface area is 403 Å². The first-order chi connectivity index (χ1) is 35.8. The molecule has 1 aromatic heterocycles. The molecule has 1 unspecified atom stereocenters. The maximum atomic E-state index is 9.94. The van der Waals surface area contributed by atoms with Crippen molar-refractivity contribution >= 4 is 66.7 Å². The molecule has 1 aliphatic rings. The van der Waals surface area contributed by atoms with Gasteiger partial charge in [0.2, 0.25) is 0 Å². The average molecular weight is 873 g/mol. The molecule has 0 spiro atoms. The number of rotatable bonds is 9. The zero-order chi connectivity index (χ0) is 49.4. The van der Waals surface area contributed by atoms with Crippen LogP contribution in [0.3, 0.4) is 0 Å². The van der Waals surface area contributed by atoms with Gasteiger partial charge in [0.05, 0.1) is 29.0 Å². The van der Waals surface area contributed by atoms with Crippen molar-refractivity contribution in [1.82, 2.24) is 4.57 Å². The van der Waals surface area contributed by atoms with Crippen LogP contribution in [0.5, 0.6) is 0 Å². The summed E-state index contributed by atoms with van der Waals surface area (Å²) < 4.78 is 49.6. The summed E-state index contributed by atoms with van der Waals surface area (Å²) in [5.74, 6) is 0. The van der Waals surface area contributed by atoms with E-state index in [0.717, 1.165) is 100 Å². The first kappa shape index (κ1) is 34.4. The van der Waals surface area contributed by atoms with Crippen molar-refractivity contribution in [2.45, 2.75) is 5.41 Å². The molecule has 1 atom stereocenters. The standard InChI is InChI=1S/C65H45N3/c1-6-23-47(24-7-1)65(48-37-40-57-56-34-18-19-35-63(56)68(64(57)43-48)52-31-14-5-15-32-52)60-41-38-53(66(49-25-8-2-9-26-49)50-27-10-3-11-28-50)44-58(60)59-45-54(39-42-61(59)65)67(51-29-12-4-13-30-51)62-36-20-22-46-21-16-17-33-55(46)62/h1-45H/i1D,6D,7D,23D,24D. The summed E-state index contributed by atoms with van der Waals surface area (Å²) in [6.07, 6.45) is 0. The molecule has 0 N–H and O–H groups in total. The zero-order valence-corrected chi connectivity index (χ0v) is 36.9. The van der Waals surface area contributed by atoms with Crippen LogP contribution in [-0.2, 0) is 5.41 Å². The van der Waals surface area contributed by atoms with E-state index in [1.165, 1.54) is 0 Å². The van der Waals surface area contributed by atoms with Crippen molar-refractivity contribution in [2.75, 3.05) is 9.80 Å². The summed E-state index contributed by atoms with van der Waals surface area (Å²) in [4.78, 5) is 4.53. The molecule has 11 aromatic carbocycles. The van der Waals surface area contributed by atoms with E-state index >= 15 is 0 Å². The molecule has 13 rings (SSSR count). The Morgan fingerprint density at radius 1 is 0.353 bits per heavy atom. The van der Waals surface area contributed by atoms with Crippen molar-refractivity contribution < 1.29 is 6.85 Å². The lowest BCUT2D eigenvalue weighted by Gasteiger charge is -2.35. The van der Waals surface area contributed by atoms with Gasteiger partial charge in [-0.2, -0.15) is 0 Å². The molecule has 1 heterocycles. The Morgan fingerprint density at radius 3 is 1.51 bits per heavy atom. The van der Waals surface area contributed by atoms with Crippen molar-refractivity contribution in [3.05, 3.63) is 295 Å². The summed E-state index contributed by atoms with van der Waals surface area (Å²) >= 11 is 0. The van der Waals surface area contributed by atoms with E-state index in [9.17, 15) is 5.48 Å². The van der Waals surface area contributed by atoms with Crippen LogP contribution >= 0.6 is 0 Å². The van der Waals surface area contributed by atoms with E-state index in [-0.39, 0.29) is 29.7 Å². The first-order valence-corrected chi connectivity index (χ1v) is 23.0. The lowest BCUT2D eigenvalue weighted by atomic mass is 9.67. The molecule has 0 fully saturated rings. The normalized spacial score (nSPS) is 15.0. The quantitative estimate of drug-likeness (QED) is 0.143. The highest BCUT2D eigenvalue weighted by atomic mass is 15.1. The summed E-state index contributed by atoms with van der Waals surface area (Å²) in [6.45, 7) is 0. The maximum Gasteiger partial charge on any atom is 0.0714 e. The van der Waals surface area contributed by atoms with Crippen LogP contribution in [0, 0.1) is 0 Å². The van der Waals surface area contributed by atoms with Gasteiger partial charge in [-0.25, -0.2) is 0 Å². The van der Waals surface area contributed by atoms with Gasteiger partial charge in [-0.05, 0) is 130 Å². The Bertz CT molecular complexity index is 4030. The van der Waals surface area contributed by atoms with Gasteiger partial charge in [-0.1, -0.05) is 182 Å². The van der Waals surface area contributed by atoms with Gasteiger partial charge in [0.1, 0.15) is 0 Å². The van der Waals surface area contributed by atoms with Crippen LogP contribution in [0.2, 0.25) is 0 Å². The smallest absolute Gasteiger partial charge is 0.0714 e. The van der Waals surface area contributed by atoms with E-state index in [4.69, 9.17) is 1.37 Å². The third-order valence-corrected chi connectivity index (χ3v) is 13.7. The van der Waals surface area contributed by atoms with E-state index in [1.54, 1.807) is 0 Å². The second-order valence-electron chi connectivity index (χ2n) is 17.3. The second kappa shape index (κ2) is 16.2. The summed E-state index contributed by atoms with van der Waals surface area (Å²) in [5, 5.41) is 4.33. The molecule has 68 heavy (non-hydrogen) atoms. The minimum Gasteiger partial charge on any atom is -0.310 e. The van der Waals surface area contributed by atoms with Crippen LogP contribution < -0.4 is 9.80 Å². The molecular formula is C65H45N3. The number of fused-ring (bicyclic) bond motifs is 7. The largest absolute Gasteiger partial charge is 0.310 e. The summed E-state index contributed by atoms with van der Waals surface area (Å²) in [6, 6.07) is 82.2. The van der Waals surface area contributed by atoms with Crippen LogP contribution in [-0.4, -0.2) is 4.57 Å². The van der Waals surface area contributed by atoms with Crippen LogP contribution in [0.15, 0.2) is 273 Å². The molecule has 3 nitrogen and oxygen atoms in total. The lowest BCUT2D eigenvalue weighted by Crippen LogP contribution is -2.28. The molecule has 0 radical (unpaired) electrons. The number of benzene rings is 11. The Morgan fingerprint density at radius 2 is 0.868 bits per heavy atom. The fourth-order valence-corrected chi connectivity index (χ4v) is 10.8. The van der Waals surface area contributed by atoms with Crippen LogP contribution in [0.4, 0.5) is 34.1 Å². The van der Waals surface area contributed by atoms with E-state index in [2.05, 4.69) is 196 Å². The highest BCUT2D eigenvalue weighted by molar-refractivity contribution is 6.10. The highest BCUT2D eigenvalue weighted by Gasteiger charge is 2.47. The lowest BCUT2D eigenvalue weighted by molar-refractivity contribution is 0.769. The Kier molecular flexibility index (Phi) is 8.20. The number of hydrogen-bond donors (Lipinski definition) is 0. The van der Waals surface area contributed by atoms with Gasteiger partial charge >= 0.3 is 0 Å². The highest BCUT2D eigenvalue weighted by Crippen LogP contribution is 2.59. The van der Waals surface area contributed by atoms with Gasteiger partial charge in [0.15, 0.2) is 0 Å². The minimum absolute atomic E-state index is 0.192. The second-order valence-corrected chi connectivity index (χ2v) is 17.3. The van der Waals surface area contributed by atoms with Gasteiger partial charge in [-0.3, -0.25) is 0 Å². The van der Waals surface area contributed by atoms with E-state index in [1.807, 2.05) is 60.7 Å². The number of aromatic nitrogens is 1. The molecule has 0 saturated carbocycles. The predicted molar refractivity (Wildman–Crippen MR) is 285 cm³/mol. The molecule has 12 aromatic rings. The third-order valence-electron chi connectivity index (χ3n) is 13.7. The molecule has 320 valence electrons. The molecular weight excluding hydrogens is 823 g/mol. The number of anilines is 6. The summed E-state index contributed by atoms with van der Waals surface area (Å²) in [7, 11) is 0. The summed E-state index contributed by atoms with van der Waals surface area (Å²) in [5.41, 5.74) is 11.6. The first-order valence-electron chi connectivity index (χ1n) is 25.5. The molecule has 3 heteroatoms. The Balaban J connectivity index is 1.17. The Hall–Kier alpha value is -8.92. The zero-order valence-electron chi connectivity index (χ0n) is 41.9. The molecule has 0 amide bonds. The minimum atomic E-state index is -1.41. The van der Waals surface area contributed by atoms with Gasteiger partial charge < -0.3 is 14.4 Å². The maximum absolute atomic E-state index is 9.94. The van der Waals surface area contributed by atoms with Crippen molar-refractivity contribution in [1.29, 1.82) is 0 Å². The molecule has 1 aliphatic carbocycles. The van der Waals surface area contributed by atoms with Gasteiger partial charge in [0.25, 0.3) is 0 Å². The number of hydrogen-bond acceptors (Lipinski definition) is 2. The van der Waals surface area contributed by atoms with Crippen molar-refractivity contribution in [3.63, 3.8) is 0 Å². The van der Waals surface area contributed by atoms with Gasteiger partial charge in [-0.15, -0.1) is 0 Å². The fraction of sp³-hybridized carbons (Fsp3) is 0.0154. The monoisotopic (exact) mass is 872 g/mol. The van der Waals surface area contributed by atoms with Crippen molar-refractivity contribution in [2.24, 2.45) is 0 Å². The average Bonchev–Trinajstić information content (AvgIpc) is 3.94. The topological polar surface area (TPSA) is 11.4 Å². The molecule has 0 bridgehead atoms. The number of para-hydroxylation sites is 5. The third kappa shape index (κ3) is 6.21. The van der Waals surface area contributed by atoms with E-state index < -0.39 is 11.5 Å². The van der Waals surface area contributed by atoms with Crippen LogP contribution in [0.1, 0.15) is 29.1 Å². The van der Waals surface area contributed by atoms with E-state index in [0.29, 0.717) is 0 Å². The van der Waals surface area contributed by atoms with Gasteiger partial charge in [0, 0.05) is 50.3 Å². The number of nitrogens with zero attached hydrogens (tertiary/aromatic N) is 3. The molecule has 0 aliphatic heterocycles.